The molecule has 1 unspecified atom stereocenters. The molecular weight excluding hydrogens is 218 g/mol. The summed E-state index contributed by atoms with van der Waals surface area (Å²) in [6, 6.07) is 0. The number of rotatable bonds is 4. The summed E-state index contributed by atoms with van der Waals surface area (Å²) >= 11 is 0. The van der Waals surface area contributed by atoms with E-state index in [4.69, 9.17) is 5.11 Å². The van der Waals surface area contributed by atoms with Gasteiger partial charge in [-0.2, -0.15) is 0 Å². The molecule has 0 saturated carbocycles. The smallest absolute Gasteiger partial charge is 0.310 e. The average Bonchev–Trinajstić information content (AvgIpc) is 2.83. The number of aromatic nitrogens is 2. The molecule has 1 aromatic rings. The summed E-state index contributed by atoms with van der Waals surface area (Å²) in [6.45, 7) is 4.23. The van der Waals surface area contributed by atoms with Gasteiger partial charge in [0.2, 0.25) is 0 Å². The summed E-state index contributed by atoms with van der Waals surface area (Å²) in [5, 5.41) is 9.14. The van der Waals surface area contributed by atoms with Crippen LogP contribution in [0.25, 0.3) is 0 Å². The van der Waals surface area contributed by atoms with Crippen molar-refractivity contribution in [3.63, 3.8) is 0 Å². The fourth-order valence-electron chi connectivity index (χ4n) is 2.32. The summed E-state index contributed by atoms with van der Waals surface area (Å²) < 4.78 is 2.01. The van der Waals surface area contributed by atoms with Gasteiger partial charge in [0.05, 0.1) is 5.41 Å². The van der Waals surface area contributed by atoms with E-state index in [0.717, 1.165) is 31.8 Å². The van der Waals surface area contributed by atoms with E-state index in [0.29, 0.717) is 6.54 Å². The van der Waals surface area contributed by atoms with Gasteiger partial charge in [0.25, 0.3) is 0 Å². The largest absolute Gasteiger partial charge is 0.481 e. The molecule has 1 atom stereocenters. The molecule has 1 N–H and O–H groups in total. The van der Waals surface area contributed by atoms with Crippen LogP contribution in [-0.4, -0.2) is 45.2 Å². The fraction of sp³-hybridized carbons (Fsp3) is 0.667. The number of nitrogens with zero attached hydrogens (tertiary/aromatic N) is 3. The molecule has 1 saturated heterocycles. The van der Waals surface area contributed by atoms with E-state index < -0.39 is 11.4 Å². The topological polar surface area (TPSA) is 58.4 Å². The van der Waals surface area contributed by atoms with Crippen LogP contribution in [0.5, 0.6) is 0 Å². The van der Waals surface area contributed by atoms with Crippen molar-refractivity contribution in [1.29, 1.82) is 0 Å². The summed E-state index contributed by atoms with van der Waals surface area (Å²) in [4.78, 5) is 17.6. The predicted molar refractivity (Wildman–Crippen MR) is 63.7 cm³/mol. The zero-order valence-corrected chi connectivity index (χ0v) is 10.4. The van der Waals surface area contributed by atoms with E-state index >= 15 is 0 Å². The van der Waals surface area contributed by atoms with Crippen LogP contribution >= 0.6 is 0 Å². The molecule has 5 nitrogen and oxygen atoms in total. The van der Waals surface area contributed by atoms with Crippen LogP contribution in [0.1, 0.15) is 19.2 Å². The third-order valence-electron chi connectivity index (χ3n) is 3.64. The van der Waals surface area contributed by atoms with Crippen LogP contribution in [0.3, 0.4) is 0 Å². The Hall–Kier alpha value is -1.36. The molecule has 0 aliphatic carbocycles. The number of imidazole rings is 1. The fourth-order valence-corrected chi connectivity index (χ4v) is 2.32. The van der Waals surface area contributed by atoms with Gasteiger partial charge in [-0.1, -0.05) is 0 Å². The first kappa shape index (κ1) is 12.1. The second-order valence-corrected chi connectivity index (χ2v) is 5.10. The summed E-state index contributed by atoms with van der Waals surface area (Å²) in [5.41, 5.74) is -0.568. The van der Waals surface area contributed by atoms with Gasteiger partial charge < -0.3 is 14.6 Å². The quantitative estimate of drug-likeness (QED) is 0.840. The third kappa shape index (κ3) is 2.49. The zero-order valence-electron chi connectivity index (χ0n) is 10.4. The van der Waals surface area contributed by atoms with Crippen molar-refractivity contribution in [1.82, 2.24) is 14.5 Å². The van der Waals surface area contributed by atoms with Gasteiger partial charge in [-0.15, -0.1) is 0 Å². The highest BCUT2D eigenvalue weighted by molar-refractivity contribution is 5.74. The van der Waals surface area contributed by atoms with Crippen molar-refractivity contribution in [2.45, 2.75) is 19.8 Å². The minimum atomic E-state index is -0.683. The number of aryl methyl sites for hydroxylation is 1. The monoisotopic (exact) mass is 237 g/mol. The number of carboxylic acid groups (broad SMARTS) is 1. The van der Waals surface area contributed by atoms with Crippen molar-refractivity contribution >= 4 is 5.97 Å². The average molecular weight is 237 g/mol. The molecule has 1 aromatic heterocycles. The van der Waals surface area contributed by atoms with Gasteiger partial charge in [0.15, 0.2) is 0 Å². The highest BCUT2D eigenvalue weighted by Crippen LogP contribution is 2.29. The first-order valence-electron chi connectivity index (χ1n) is 5.93. The van der Waals surface area contributed by atoms with Gasteiger partial charge in [0.1, 0.15) is 5.82 Å². The Morgan fingerprint density at radius 2 is 2.41 bits per heavy atom. The van der Waals surface area contributed by atoms with Gasteiger partial charge in [-0.3, -0.25) is 4.79 Å². The Bertz CT molecular complexity index is 416. The Morgan fingerprint density at radius 3 is 2.94 bits per heavy atom. The molecular formula is C12H19N3O2. The number of carbonyl (C=O) groups is 1. The number of hydrogen-bond donors (Lipinski definition) is 1. The van der Waals surface area contributed by atoms with E-state index in [2.05, 4.69) is 9.88 Å². The van der Waals surface area contributed by atoms with E-state index in [1.807, 2.05) is 24.7 Å². The minimum absolute atomic E-state index is 0.568. The van der Waals surface area contributed by atoms with E-state index in [-0.39, 0.29) is 0 Å². The zero-order chi connectivity index (χ0) is 12.5. The molecule has 0 amide bonds. The third-order valence-corrected chi connectivity index (χ3v) is 3.64. The van der Waals surface area contributed by atoms with Gasteiger partial charge in [0, 0.05) is 39.0 Å². The summed E-state index contributed by atoms with van der Waals surface area (Å²) in [7, 11) is 1.98. The first-order chi connectivity index (χ1) is 8.01. The minimum Gasteiger partial charge on any atom is -0.481 e. The van der Waals surface area contributed by atoms with Crippen LogP contribution in [-0.2, 0) is 18.3 Å². The second kappa shape index (κ2) is 4.49. The second-order valence-electron chi connectivity index (χ2n) is 5.10. The van der Waals surface area contributed by atoms with Crippen molar-refractivity contribution in [3.05, 3.63) is 18.2 Å². The molecule has 2 heterocycles. The molecule has 0 aromatic carbocycles. The molecule has 5 heteroatoms. The molecule has 1 aliphatic rings. The highest BCUT2D eigenvalue weighted by Gasteiger charge is 2.40. The molecule has 2 rings (SSSR count). The molecule has 0 bridgehead atoms. The molecule has 17 heavy (non-hydrogen) atoms. The van der Waals surface area contributed by atoms with Gasteiger partial charge in [-0.05, 0) is 19.9 Å². The van der Waals surface area contributed by atoms with E-state index in [1.54, 1.807) is 6.20 Å². The van der Waals surface area contributed by atoms with Crippen LogP contribution < -0.4 is 0 Å². The normalized spacial score (nSPS) is 25.3. The number of carboxylic acids is 1. The summed E-state index contributed by atoms with van der Waals surface area (Å²) in [6.07, 6.45) is 5.34. The Labute approximate surface area is 101 Å². The van der Waals surface area contributed by atoms with Crippen LogP contribution in [0.2, 0.25) is 0 Å². The summed E-state index contributed by atoms with van der Waals surface area (Å²) in [5.74, 6) is 0.367. The molecule has 1 aliphatic heterocycles. The maximum atomic E-state index is 11.1. The number of likely N-dealkylation sites (tertiary alicyclic amines) is 1. The Morgan fingerprint density at radius 1 is 1.65 bits per heavy atom. The van der Waals surface area contributed by atoms with Crippen LogP contribution in [0, 0.1) is 5.41 Å². The van der Waals surface area contributed by atoms with Crippen molar-refractivity contribution in [2.24, 2.45) is 12.5 Å². The van der Waals surface area contributed by atoms with Crippen molar-refractivity contribution in [2.75, 3.05) is 19.6 Å². The maximum absolute atomic E-state index is 11.1. The highest BCUT2D eigenvalue weighted by atomic mass is 16.4. The number of aliphatic carboxylic acids is 1. The Balaban J connectivity index is 1.87. The SMILES string of the molecule is Cn1ccnc1CCN1CCC(C)(C(=O)O)C1. The van der Waals surface area contributed by atoms with Crippen molar-refractivity contribution < 1.29 is 9.90 Å². The lowest BCUT2D eigenvalue weighted by Crippen LogP contribution is -2.32. The lowest BCUT2D eigenvalue weighted by atomic mass is 9.90. The van der Waals surface area contributed by atoms with Crippen LogP contribution in [0.15, 0.2) is 12.4 Å². The molecule has 0 radical (unpaired) electrons. The number of hydrogen-bond acceptors (Lipinski definition) is 3. The predicted octanol–water partition coefficient (Wildman–Crippen LogP) is 0.759. The molecule has 0 spiro atoms. The molecule has 1 fully saturated rings. The standard InChI is InChI=1S/C12H19N3O2/c1-12(11(16)17)4-7-15(9-12)6-3-10-13-5-8-14(10)2/h5,8H,3-4,6-7,9H2,1-2H3,(H,16,17). The first-order valence-corrected chi connectivity index (χ1v) is 5.93. The lowest BCUT2D eigenvalue weighted by molar-refractivity contribution is -0.147. The van der Waals surface area contributed by atoms with Crippen LogP contribution in [0.4, 0.5) is 0 Å². The van der Waals surface area contributed by atoms with Crippen molar-refractivity contribution in [3.8, 4) is 0 Å². The van der Waals surface area contributed by atoms with Gasteiger partial charge >= 0.3 is 5.97 Å². The maximum Gasteiger partial charge on any atom is 0.310 e. The van der Waals surface area contributed by atoms with E-state index in [9.17, 15) is 4.79 Å². The van der Waals surface area contributed by atoms with Gasteiger partial charge in [-0.25, -0.2) is 4.98 Å². The lowest BCUT2D eigenvalue weighted by Gasteiger charge is -2.19. The Kier molecular flexibility index (Phi) is 3.19. The molecule has 94 valence electrons. The van der Waals surface area contributed by atoms with E-state index in [1.165, 1.54) is 0 Å².